The predicted octanol–water partition coefficient (Wildman–Crippen LogP) is 2.89. The molecule has 1 spiro atoms. The zero-order valence-electron chi connectivity index (χ0n) is 13.1. The summed E-state index contributed by atoms with van der Waals surface area (Å²) in [7, 11) is 0. The highest BCUT2D eigenvalue weighted by Crippen LogP contribution is 2.33. The average molecular weight is 299 g/mol. The number of urea groups is 1. The van der Waals surface area contributed by atoms with Crippen LogP contribution in [0, 0.1) is 13.8 Å². The number of hydrazone groups is 1. The number of hydrogen-bond donors (Lipinski definition) is 1. The van der Waals surface area contributed by atoms with Crippen LogP contribution in [-0.2, 0) is 4.79 Å². The highest BCUT2D eigenvalue weighted by Gasteiger charge is 2.51. The number of carbonyl (C=O) groups is 2. The van der Waals surface area contributed by atoms with Crippen molar-refractivity contribution in [2.24, 2.45) is 5.10 Å². The van der Waals surface area contributed by atoms with E-state index in [1.54, 1.807) is 6.21 Å². The van der Waals surface area contributed by atoms with E-state index >= 15 is 0 Å². The Bertz CT molecular complexity index is 645. The monoisotopic (exact) mass is 299 g/mol. The van der Waals surface area contributed by atoms with Crippen molar-refractivity contribution in [2.45, 2.75) is 51.5 Å². The molecule has 1 saturated heterocycles. The zero-order chi connectivity index (χ0) is 15.7. The van der Waals surface area contributed by atoms with Gasteiger partial charge in [0.05, 0.1) is 6.21 Å². The van der Waals surface area contributed by atoms with Gasteiger partial charge in [-0.2, -0.15) is 5.10 Å². The van der Waals surface area contributed by atoms with Crippen LogP contribution in [-0.4, -0.2) is 28.7 Å². The first-order chi connectivity index (χ1) is 10.5. The summed E-state index contributed by atoms with van der Waals surface area (Å²) in [6.45, 7) is 4.01. The van der Waals surface area contributed by atoms with Gasteiger partial charge < -0.3 is 5.32 Å². The first-order valence-corrected chi connectivity index (χ1v) is 7.80. The smallest absolute Gasteiger partial charge is 0.321 e. The Kier molecular flexibility index (Phi) is 3.72. The lowest BCUT2D eigenvalue weighted by Crippen LogP contribution is -2.48. The summed E-state index contributed by atoms with van der Waals surface area (Å²) in [4.78, 5) is 24.7. The van der Waals surface area contributed by atoms with Gasteiger partial charge in [0, 0.05) is 0 Å². The van der Waals surface area contributed by atoms with Gasteiger partial charge in [-0.1, -0.05) is 43.0 Å². The fourth-order valence-electron chi connectivity index (χ4n) is 3.30. The molecule has 5 heteroatoms. The number of nitrogens with one attached hydrogen (secondary N) is 1. The number of benzene rings is 1. The molecule has 0 aromatic heterocycles. The van der Waals surface area contributed by atoms with Crippen LogP contribution in [0.5, 0.6) is 0 Å². The molecular formula is C17H21N3O2. The molecule has 1 aromatic carbocycles. The summed E-state index contributed by atoms with van der Waals surface area (Å²) in [5.74, 6) is -0.210. The third kappa shape index (κ3) is 2.51. The number of nitrogens with zero attached hydrogens (tertiary/aromatic N) is 2. The molecule has 0 radical (unpaired) electrons. The van der Waals surface area contributed by atoms with E-state index in [0.29, 0.717) is 12.8 Å². The number of rotatable bonds is 2. The maximum absolute atomic E-state index is 12.6. The Morgan fingerprint density at radius 1 is 1.18 bits per heavy atom. The lowest BCUT2D eigenvalue weighted by atomic mass is 9.82. The lowest BCUT2D eigenvalue weighted by Gasteiger charge is -2.29. The van der Waals surface area contributed by atoms with E-state index in [0.717, 1.165) is 35.4 Å². The van der Waals surface area contributed by atoms with Crippen molar-refractivity contribution in [1.82, 2.24) is 10.3 Å². The van der Waals surface area contributed by atoms with Crippen LogP contribution in [0.3, 0.4) is 0 Å². The largest absolute Gasteiger partial charge is 0.346 e. The molecule has 2 aliphatic rings. The van der Waals surface area contributed by atoms with E-state index in [2.05, 4.69) is 16.5 Å². The maximum atomic E-state index is 12.6. The van der Waals surface area contributed by atoms with Gasteiger partial charge in [0.1, 0.15) is 5.54 Å². The van der Waals surface area contributed by atoms with Crippen LogP contribution in [0.4, 0.5) is 4.79 Å². The van der Waals surface area contributed by atoms with Crippen LogP contribution in [0.15, 0.2) is 23.3 Å². The van der Waals surface area contributed by atoms with E-state index in [1.807, 2.05) is 26.0 Å². The Morgan fingerprint density at radius 2 is 1.91 bits per heavy atom. The SMILES string of the molecule is Cc1ccc(/C=N\N2C(=O)NC3(CCCCC3)C2=O)c(C)c1. The van der Waals surface area contributed by atoms with E-state index in [9.17, 15) is 9.59 Å². The van der Waals surface area contributed by atoms with Crippen molar-refractivity contribution in [3.05, 3.63) is 34.9 Å². The van der Waals surface area contributed by atoms with E-state index in [-0.39, 0.29) is 5.91 Å². The average Bonchev–Trinajstić information content (AvgIpc) is 2.71. The number of carbonyl (C=O) groups excluding carboxylic acids is 2. The summed E-state index contributed by atoms with van der Waals surface area (Å²) in [6, 6.07) is 5.58. The molecule has 3 rings (SSSR count). The molecule has 0 bridgehead atoms. The minimum atomic E-state index is -0.713. The molecule has 0 atom stereocenters. The summed E-state index contributed by atoms with van der Waals surface area (Å²) in [5, 5.41) is 7.99. The van der Waals surface area contributed by atoms with E-state index < -0.39 is 11.6 Å². The van der Waals surface area contributed by atoms with Gasteiger partial charge in [0.15, 0.2) is 0 Å². The van der Waals surface area contributed by atoms with Crippen LogP contribution in [0.2, 0.25) is 0 Å². The van der Waals surface area contributed by atoms with Gasteiger partial charge in [-0.25, -0.2) is 4.79 Å². The first kappa shape index (κ1) is 14.8. The molecule has 1 aromatic rings. The minimum absolute atomic E-state index is 0.210. The molecule has 1 aliphatic carbocycles. The van der Waals surface area contributed by atoms with Gasteiger partial charge in [-0.15, -0.1) is 5.01 Å². The Labute approximate surface area is 130 Å². The van der Waals surface area contributed by atoms with Crippen molar-refractivity contribution in [1.29, 1.82) is 0 Å². The minimum Gasteiger partial charge on any atom is -0.321 e. The van der Waals surface area contributed by atoms with Crippen molar-refractivity contribution in [3.63, 3.8) is 0 Å². The molecule has 0 unspecified atom stereocenters. The molecule has 1 aliphatic heterocycles. The van der Waals surface area contributed by atoms with Crippen LogP contribution >= 0.6 is 0 Å². The Balaban J connectivity index is 1.81. The molecule has 1 heterocycles. The number of imide groups is 1. The highest BCUT2D eigenvalue weighted by atomic mass is 16.2. The molecule has 1 N–H and O–H groups in total. The maximum Gasteiger partial charge on any atom is 0.346 e. The summed E-state index contributed by atoms with van der Waals surface area (Å²) in [5.41, 5.74) is 2.44. The van der Waals surface area contributed by atoms with Crippen molar-refractivity contribution in [3.8, 4) is 0 Å². The molecule has 5 nitrogen and oxygen atoms in total. The first-order valence-electron chi connectivity index (χ1n) is 7.80. The van der Waals surface area contributed by atoms with Crippen molar-refractivity contribution in [2.75, 3.05) is 0 Å². The number of hydrogen-bond acceptors (Lipinski definition) is 3. The molecular weight excluding hydrogens is 278 g/mol. The quantitative estimate of drug-likeness (QED) is 0.674. The van der Waals surface area contributed by atoms with Crippen molar-refractivity contribution < 1.29 is 9.59 Å². The summed E-state index contributed by atoms with van der Waals surface area (Å²) < 4.78 is 0. The number of amides is 3. The third-order valence-corrected chi connectivity index (χ3v) is 4.59. The van der Waals surface area contributed by atoms with E-state index in [1.165, 1.54) is 5.56 Å². The van der Waals surface area contributed by atoms with Crippen molar-refractivity contribution >= 4 is 18.2 Å². The predicted molar refractivity (Wildman–Crippen MR) is 84.7 cm³/mol. The Morgan fingerprint density at radius 3 is 2.59 bits per heavy atom. The topological polar surface area (TPSA) is 61.8 Å². The third-order valence-electron chi connectivity index (χ3n) is 4.59. The highest BCUT2D eigenvalue weighted by molar-refractivity contribution is 6.07. The fourth-order valence-corrected chi connectivity index (χ4v) is 3.30. The second-order valence-corrected chi connectivity index (χ2v) is 6.29. The van der Waals surface area contributed by atoms with Gasteiger partial charge in [-0.05, 0) is 37.8 Å². The number of aryl methyl sites for hydroxylation is 2. The molecule has 22 heavy (non-hydrogen) atoms. The Hall–Kier alpha value is -2.17. The fraction of sp³-hybridized carbons (Fsp3) is 0.471. The van der Waals surface area contributed by atoms with E-state index in [4.69, 9.17) is 0 Å². The molecule has 116 valence electrons. The van der Waals surface area contributed by atoms with Gasteiger partial charge in [0.2, 0.25) is 0 Å². The van der Waals surface area contributed by atoms with Crippen LogP contribution < -0.4 is 5.32 Å². The standard InChI is InChI=1S/C17H21N3O2/c1-12-6-7-14(13(2)10-12)11-18-20-15(21)17(19-16(20)22)8-4-3-5-9-17/h6-7,10-11H,3-5,8-9H2,1-2H3,(H,19,22)/b18-11-. The van der Waals surface area contributed by atoms with Gasteiger partial charge in [0.25, 0.3) is 5.91 Å². The molecule has 3 amide bonds. The second kappa shape index (κ2) is 5.55. The van der Waals surface area contributed by atoms with Gasteiger partial charge >= 0.3 is 6.03 Å². The normalized spacial score (nSPS) is 20.9. The lowest BCUT2D eigenvalue weighted by molar-refractivity contribution is -0.132. The second-order valence-electron chi connectivity index (χ2n) is 6.29. The van der Waals surface area contributed by atoms with Gasteiger partial charge in [-0.3, -0.25) is 4.79 Å². The summed E-state index contributed by atoms with van der Waals surface area (Å²) >= 11 is 0. The molecule has 2 fully saturated rings. The zero-order valence-corrected chi connectivity index (χ0v) is 13.1. The molecule has 1 saturated carbocycles. The summed E-state index contributed by atoms with van der Waals surface area (Å²) in [6.07, 6.45) is 6.09. The van der Waals surface area contributed by atoms with Crippen LogP contribution in [0.1, 0.15) is 48.8 Å². The van der Waals surface area contributed by atoms with Crippen LogP contribution in [0.25, 0.3) is 0 Å².